The SMILES string of the molecule is CCCCCCCCCCCCCC(=O)O[C@H](CCCCCCCCCCC)CC(=O)O[C@@H]1[C@@H](NC(=O)C[C@@H](CCCCCCCCCCC)OC(=O)CCCCCCCCCCC)[C@H](OC[C@H]2O[C@H](O)[C@H](NC(=O)C[C@H](O)CCCCCCCCCCC)[C@@H](OC(=O)C[C@H](O)CCCCCCCCCCC)[C@@H]2O)O[C@H](CO[C@]2(C(=O)O)C[C@@H](O[C@]3(C(=O)O)C[C@@H](O)[C@@H](O)[C@@H]([C@H](O)CO)O3)[C@@H](O)[C@@H]([C@H](O)CO)O2)[C@H]1OP(=O)(O)O. The maximum Gasteiger partial charge on any atom is 0.470 e. The van der Waals surface area contributed by atoms with Gasteiger partial charge in [-0.05, 0) is 51.4 Å². The molecule has 4 rings (SSSR count). The van der Waals surface area contributed by atoms with Crippen LogP contribution in [0.5, 0.6) is 0 Å². The normalized spacial score (nSPS) is 25.4. The molecule has 0 bridgehead atoms. The van der Waals surface area contributed by atoms with Gasteiger partial charge in [0.25, 0.3) is 11.6 Å². The van der Waals surface area contributed by atoms with Crippen LogP contribution >= 0.6 is 7.82 Å². The smallest absolute Gasteiger partial charge is 0.470 e. The van der Waals surface area contributed by atoms with Crippen molar-refractivity contribution in [1.29, 1.82) is 0 Å². The highest BCUT2D eigenvalue weighted by Crippen LogP contribution is 2.46. The standard InChI is InChI=1S/C110H201N2O36P/c1-7-13-19-25-31-37-38-44-50-56-62-68-92(123)140-82(66-60-54-48-42-35-29-23-17-11-5)72-94(125)144-104-96(112-90(121)71-81(65-59-53-47-41-34-28-22-16-10-4)139-91(122)67-61-55-49-43-36-30-24-18-12-6)106(142-88(102(104)148-149(134,135)136)78-138-109(107(130)131)74-86(98(127)101(146-109)85(119)76-114)145-110(108(132)133)73-83(117)97(126)100(147-110)84(118)75-113)137-77-87-99(128)103(143-93(124)70-80(116)64-58-52-46-40-33-27-21-15-9-3)95(105(129)141-87)111-89(120)69-79(115)63-57-51-45-39-32-26-20-14-8-2/h79-88,95-106,113-119,126-129H,7-78H2,1-6H3,(H,111,120)(H,112,121)(H,130,131)(H,132,133)(H2,134,135,136)/t79-,80-,81-,82-,83-,84-,85-,86-,87-,88-,95-,96-,97-,98-,99-,100-,101-,102-,103-,104-,105+,106-,109-,110-/m1/s1. The van der Waals surface area contributed by atoms with Crippen molar-refractivity contribution in [2.24, 2.45) is 0 Å². The van der Waals surface area contributed by atoms with E-state index in [4.69, 9.17) is 56.6 Å². The Morgan fingerprint density at radius 3 is 1.12 bits per heavy atom. The zero-order chi connectivity index (χ0) is 110. The lowest BCUT2D eigenvalue weighted by atomic mass is 9.90. The number of carbonyl (C=O) groups excluding carboxylic acids is 6. The van der Waals surface area contributed by atoms with Gasteiger partial charge in [0, 0.05) is 25.7 Å². The molecule has 149 heavy (non-hydrogen) atoms. The fourth-order valence-corrected chi connectivity index (χ4v) is 20.8. The van der Waals surface area contributed by atoms with Crippen molar-refractivity contribution in [3.8, 4) is 0 Å². The first kappa shape index (κ1) is 136. The van der Waals surface area contributed by atoms with Crippen molar-refractivity contribution in [2.75, 3.05) is 26.4 Å². The number of aliphatic hydroxyl groups is 11. The summed E-state index contributed by atoms with van der Waals surface area (Å²) in [5.41, 5.74) is 0. The third-order valence-electron chi connectivity index (χ3n) is 29.1. The van der Waals surface area contributed by atoms with Crippen LogP contribution in [0.3, 0.4) is 0 Å². The molecule has 0 aliphatic carbocycles. The Morgan fingerprint density at radius 2 is 0.718 bits per heavy atom. The number of nitrogens with one attached hydrogen (secondary N) is 2. The molecule has 17 N–H and O–H groups in total. The molecule has 0 saturated carbocycles. The molecule has 39 heteroatoms. The van der Waals surface area contributed by atoms with Crippen LogP contribution in [0.2, 0.25) is 0 Å². The number of amides is 2. The lowest BCUT2D eigenvalue weighted by Crippen LogP contribution is -2.69. The van der Waals surface area contributed by atoms with Crippen molar-refractivity contribution in [2.45, 2.75) is 624 Å². The minimum atomic E-state index is -6.15. The van der Waals surface area contributed by atoms with Gasteiger partial charge in [0.2, 0.25) is 11.8 Å². The topological polar surface area (TPSA) is 592 Å². The fourth-order valence-electron chi connectivity index (χ4n) is 20.2. The molecular weight excluding hydrogens is 1960 g/mol. The summed E-state index contributed by atoms with van der Waals surface area (Å²) in [4.78, 5) is 139. The third kappa shape index (κ3) is 56.8. The van der Waals surface area contributed by atoms with E-state index in [1.165, 1.54) is 12.8 Å². The van der Waals surface area contributed by atoms with E-state index in [2.05, 4.69) is 52.2 Å². The molecule has 872 valence electrons. The first-order valence-electron chi connectivity index (χ1n) is 58.1. The Morgan fingerprint density at radius 1 is 0.369 bits per heavy atom. The highest BCUT2D eigenvalue weighted by atomic mass is 31.2. The Balaban J connectivity index is 2.05. The second kappa shape index (κ2) is 80.8. The molecule has 0 unspecified atom stereocenters. The van der Waals surface area contributed by atoms with E-state index < -0.39 is 267 Å². The number of hydrogen-bond acceptors (Lipinski definition) is 32. The molecular formula is C110H201N2O36P. The summed E-state index contributed by atoms with van der Waals surface area (Å²) in [5.74, 6) is -16.8. The molecule has 0 spiro atoms. The summed E-state index contributed by atoms with van der Waals surface area (Å²) in [5, 5.41) is 153. The fraction of sp³-hybridized carbons (Fsp3) is 0.927. The van der Waals surface area contributed by atoms with Gasteiger partial charge >= 0.3 is 43.6 Å². The maximum absolute atomic E-state index is 15.7. The van der Waals surface area contributed by atoms with E-state index in [0.29, 0.717) is 64.2 Å². The molecule has 0 aromatic carbocycles. The summed E-state index contributed by atoms with van der Waals surface area (Å²) < 4.78 is 87.6. The summed E-state index contributed by atoms with van der Waals surface area (Å²) in [6.07, 6.45) is 6.25. The van der Waals surface area contributed by atoms with Crippen LogP contribution in [-0.4, -0.2) is 296 Å². The number of aliphatic carboxylic acids is 2. The predicted octanol–water partition coefficient (Wildman–Crippen LogP) is 15.8. The van der Waals surface area contributed by atoms with Crippen LogP contribution in [0.25, 0.3) is 0 Å². The number of unbranched alkanes of at least 4 members (excludes halogenated alkanes) is 50. The average Bonchev–Trinajstić information content (AvgIpc) is 0.746. The number of rotatable bonds is 92. The number of carboxylic acids is 2. The van der Waals surface area contributed by atoms with E-state index in [1.54, 1.807) is 0 Å². The van der Waals surface area contributed by atoms with E-state index in [-0.39, 0.29) is 38.5 Å². The van der Waals surface area contributed by atoms with Crippen LogP contribution in [0.15, 0.2) is 0 Å². The quantitative estimate of drug-likeness (QED) is 0.0116. The molecule has 2 amide bonds. The minimum absolute atomic E-state index is 0.0225. The van der Waals surface area contributed by atoms with Crippen LogP contribution in [0.4, 0.5) is 0 Å². The van der Waals surface area contributed by atoms with E-state index in [0.717, 1.165) is 283 Å². The van der Waals surface area contributed by atoms with Gasteiger partial charge < -0.3 is 139 Å². The first-order chi connectivity index (χ1) is 71.6. The number of hydrogen-bond donors (Lipinski definition) is 17. The number of carbonyl (C=O) groups is 8. The molecule has 4 heterocycles. The molecule has 0 aromatic rings. The number of carboxylic acid groups (broad SMARTS) is 2. The zero-order valence-corrected chi connectivity index (χ0v) is 92.2. The number of phosphoric ester groups is 1. The lowest BCUT2D eigenvalue weighted by Gasteiger charge is -2.50. The minimum Gasteiger partial charge on any atom is -0.477 e. The Hall–Kier alpha value is -4.85. The summed E-state index contributed by atoms with van der Waals surface area (Å²) >= 11 is 0. The number of phosphoric acid groups is 1. The van der Waals surface area contributed by atoms with Crippen LogP contribution in [0.1, 0.15) is 478 Å². The van der Waals surface area contributed by atoms with E-state index in [9.17, 15) is 110 Å². The largest absolute Gasteiger partial charge is 0.477 e. The molecule has 4 saturated heterocycles. The van der Waals surface area contributed by atoms with Crippen molar-refractivity contribution in [1.82, 2.24) is 10.6 Å². The third-order valence-corrected chi connectivity index (χ3v) is 29.6. The number of ether oxygens (including phenoxy) is 11. The number of esters is 4. The van der Waals surface area contributed by atoms with Crippen molar-refractivity contribution in [3.63, 3.8) is 0 Å². The molecule has 0 radical (unpaired) electrons. The second-order valence-electron chi connectivity index (χ2n) is 42.5. The second-order valence-corrected chi connectivity index (χ2v) is 43.7. The first-order valence-corrected chi connectivity index (χ1v) is 59.6. The van der Waals surface area contributed by atoms with Gasteiger partial charge in [-0.1, -0.05) is 375 Å². The summed E-state index contributed by atoms with van der Waals surface area (Å²) in [6, 6.07) is -4.06. The highest BCUT2D eigenvalue weighted by molar-refractivity contribution is 7.46. The Labute approximate surface area is 888 Å². The van der Waals surface area contributed by atoms with Crippen LogP contribution < -0.4 is 10.6 Å². The van der Waals surface area contributed by atoms with Crippen molar-refractivity contribution in [3.05, 3.63) is 0 Å². The molecule has 4 aliphatic heterocycles. The molecule has 4 fully saturated rings. The zero-order valence-electron chi connectivity index (χ0n) is 91.3. The predicted molar refractivity (Wildman–Crippen MR) is 557 cm³/mol. The van der Waals surface area contributed by atoms with Crippen molar-refractivity contribution < 1.29 is 176 Å². The molecule has 0 aromatic heterocycles. The van der Waals surface area contributed by atoms with E-state index >= 15 is 9.59 Å². The number of aliphatic hydroxyl groups excluding tert-OH is 11. The van der Waals surface area contributed by atoms with Gasteiger partial charge in [-0.2, -0.15) is 0 Å². The lowest BCUT2D eigenvalue weighted by molar-refractivity contribution is -0.378. The molecule has 24 atom stereocenters. The molecule has 4 aliphatic rings. The Kier molecular flexibility index (Phi) is 74.0. The summed E-state index contributed by atoms with van der Waals surface area (Å²) in [6.45, 7) is 7.64. The van der Waals surface area contributed by atoms with Gasteiger partial charge in [-0.3, -0.25) is 33.3 Å². The maximum atomic E-state index is 15.7. The van der Waals surface area contributed by atoms with Gasteiger partial charge in [-0.15, -0.1) is 0 Å². The van der Waals surface area contributed by atoms with Crippen LogP contribution in [-0.2, 0) is 99.6 Å². The highest BCUT2D eigenvalue weighted by Gasteiger charge is 2.63. The van der Waals surface area contributed by atoms with Crippen molar-refractivity contribution >= 4 is 55.5 Å². The summed E-state index contributed by atoms with van der Waals surface area (Å²) in [7, 11) is -6.15. The van der Waals surface area contributed by atoms with Gasteiger partial charge in [-0.25, -0.2) is 14.2 Å². The van der Waals surface area contributed by atoms with E-state index in [1.807, 2.05) is 0 Å². The van der Waals surface area contributed by atoms with Gasteiger partial charge in [0.05, 0.1) is 76.5 Å². The van der Waals surface area contributed by atoms with Gasteiger partial charge in [0.15, 0.2) is 24.8 Å². The average molecular weight is 2160 g/mol. The van der Waals surface area contributed by atoms with Gasteiger partial charge in [0.1, 0.15) is 85.3 Å². The van der Waals surface area contributed by atoms with Crippen LogP contribution in [0, 0.1) is 0 Å². The Bertz CT molecular complexity index is 3560. The molecule has 38 nitrogen and oxygen atoms in total. The monoisotopic (exact) mass is 2160 g/mol.